The van der Waals surface area contributed by atoms with Crippen LogP contribution in [0, 0.1) is 10.1 Å². The number of thioether (sulfide) groups is 1. The quantitative estimate of drug-likeness (QED) is 0.363. The van der Waals surface area contributed by atoms with Gasteiger partial charge in [0.1, 0.15) is 0 Å². The Hall–Kier alpha value is -2.15. The van der Waals surface area contributed by atoms with Crippen molar-refractivity contribution in [1.82, 2.24) is 14.8 Å². The minimum Gasteiger partial charge on any atom is -0.298 e. The molecule has 0 saturated carbocycles. The molecule has 1 aromatic heterocycles. The summed E-state index contributed by atoms with van der Waals surface area (Å²) in [7, 11) is 0. The summed E-state index contributed by atoms with van der Waals surface area (Å²) in [5.74, 6) is 0.605. The molecule has 1 heterocycles. The van der Waals surface area contributed by atoms with E-state index in [1.54, 1.807) is 18.2 Å². The molecule has 0 spiro atoms. The number of nitrogens with zero attached hydrogens (tertiary/aromatic N) is 4. The maximum Gasteiger partial charge on any atom is 0.270 e. The second kappa shape index (κ2) is 5.66. The third-order valence-corrected chi connectivity index (χ3v) is 3.19. The summed E-state index contributed by atoms with van der Waals surface area (Å²) < 4.78 is 1.87. The minimum absolute atomic E-state index is 0.0383. The first-order valence-corrected chi connectivity index (χ1v) is 6.72. The first kappa shape index (κ1) is 13.3. The number of aromatic nitrogens is 3. The molecule has 0 radical (unpaired) electrons. The normalized spacial score (nSPS) is 10.4. The van der Waals surface area contributed by atoms with Crippen molar-refractivity contribution >= 4 is 17.4 Å². The molecule has 0 N–H and O–H groups in total. The third-order valence-electron chi connectivity index (χ3n) is 2.53. The fourth-order valence-corrected chi connectivity index (χ4v) is 2.21. The Labute approximate surface area is 114 Å². The molecule has 0 bridgehead atoms. The van der Waals surface area contributed by atoms with E-state index in [0.717, 1.165) is 5.16 Å². The van der Waals surface area contributed by atoms with Crippen LogP contribution in [0.2, 0.25) is 0 Å². The first-order valence-electron chi connectivity index (χ1n) is 5.50. The van der Waals surface area contributed by atoms with Gasteiger partial charge in [-0.1, -0.05) is 30.0 Å². The van der Waals surface area contributed by atoms with Crippen LogP contribution in [-0.4, -0.2) is 25.9 Å². The third kappa shape index (κ3) is 2.65. The minimum atomic E-state index is -0.423. The molecule has 2 rings (SSSR count). The highest BCUT2D eigenvalue weighted by Crippen LogP contribution is 2.25. The average Bonchev–Trinajstić information content (AvgIpc) is 2.82. The van der Waals surface area contributed by atoms with E-state index in [2.05, 4.69) is 16.8 Å². The lowest BCUT2D eigenvalue weighted by Gasteiger charge is -2.06. The summed E-state index contributed by atoms with van der Waals surface area (Å²) >= 11 is 1.47. The van der Waals surface area contributed by atoms with Gasteiger partial charge in [0, 0.05) is 24.2 Å². The van der Waals surface area contributed by atoms with Crippen LogP contribution in [0.15, 0.2) is 42.1 Å². The predicted octanol–water partition coefficient (Wildman–Crippen LogP) is 2.76. The zero-order valence-electron chi connectivity index (χ0n) is 10.3. The number of nitro benzene ring substituents is 1. The zero-order valence-corrected chi connectivity index (χ0v) is 11.1. The second-order valence-electron chi connectivity index (χ2n) is 3.72. The van der Waals surface area contributed by atoms with Crippen LogP contribution in [-0.2, 0) is 6.54 Å². The van der Waals surface area contributed by atoms with Crippen LogP contribution in [0.3, 0.4) is 0 Å². The van der Waals surface area contributed by atoms with Gasteiger partial charge in [-0.05, 0) is 6.26 Å². The highest BCUT2D eigenvalue weighted by atomic mass is 32.2. The van der Waals surface area contributed by atoms with E-state index < -0.39 is 4.92 Å². The zero-order chi connectivity index (χ0) is 13.8. The predicted molar refractivity (Wildman–Crippen MR) is 74.1 cm³/mol. The highest BCUT2D eigenvalue weighted by molar-refractivity contribution is 7.98. The summed E-state index contributed by atoms with van der Waals surface area (Å²) in [6.07, 6.45) is 3.64. The van der Waals surface area contributed by atoms with E-state index in [-0.39, 0.29) is 5.69 Å². The van der Waals surface area contributed by atoms with E-state index in [1.165, 1.54) is 23.9 Å². The van der Waals surface area contributed by atoms with Crippen LogP contribution < -0.4 is 0 Å². The summed E-state index contributed by atoms with van der Waals surface area (Å²) in [5, 5.41) is 19.7. The van der Waals surface area contributed by atoms with E-state index in [9.17, 15) is 10.1 Å². The van der Waals surface area contributed by atoms with Crippen molar-refractivity contribution in [1.29, 1.82) is 0 Å². The van der Waals surface area contributed by atoms with E-state index in [4.69, 9.17) is 0 Å². The fourth-order valence-electron chi connectivity index (χ4n) is 1.71. The van der Waals surface area contributed by atoms with Crippen molar-refractivity contribution in [3.8, 4) is 11.4 Å². The number of hydrogen-bond donors (Lipinski definition) is 0. The lowest BCUT2D eigenvalue weighted by molar-refractivity contribution is -0.384. The summed E-state index contributed by atoms with van der Waals surface area (Å²) in [4.78, 5) is 10.4. The molecule has 98 valence electrons. The Balaban J connectivity index is 2.52. The van der Waals surface area contributed by atoms with Gasteiger partial charge in [0.05, 0.1) is 4.92 Å². The Kier molecular flexibility index (Phi) is 3.96. The number of benzene rings is 1. The largest absolute Gasteiger partial charge is 0.298 e. The molecule has 0 aliphatic rings. The van der Waals surface area contributed by atoms with Crippen molar-refractivity contribution in [2.24, 2.45) is 0 Å². The monoisotopic (exact) mass is 276 g/mol. The van der Waals surface area contributed by atoms with Crippen LogP contribution in [0.4, 0.5) is 5.69 Å². The Morgan fingerprint density at radius 1 is 1.53 bits per heavy atom. The topological polar surface area (TPSA) is 73.8 Å². The molecule has 0 fully saturated rings. The number of rotatable bonds is 5. The maximum absolute atomic E-state index is 10.8. The number of non-ortho nitro benzene ring substituents is 1. The number of nitro groups is 1. The van der Waals surface area contributed by atoms with Crippen LogP contribution in [0.25, 0.3) is 11.4 Å². The van der Waals surface area contributed by atoms with Gasteiger partial charge in [-0.25, -0.2) is 0 Å². The van der Waals surface area contributed by atoms with Gasteiger partial charge >= 0.3 is 0 Å². The Morgan fingerprint density at radius 3 is 2.95 bits per heavy atom. The maximum atomic E-state index is 10.8. The van der Waals surface area contributed by atoms with E-state index in [0.29, 0.717) is 17.9 Å². The molecule has 0 atom stereocenters. The molecule has 0 aliphatic carbocycles. The first-order chi connectivity index (χ1) is 9.17. The van der Waals surface area contributed by atoms with Crippen molar-refractivity contribution < 1.29 is 4.92 Å². The molecule has 7 heteroatoms. The molecule has 6 nitrogen and oxygen atoms in total. The molecular formula is C12H12N4O2S. The van der Waals surface area contributed by atoms with Gasteiger partial charge in [-0.2, -0.15) is 0 Å². The molecule has 0 saturated heterocycles. The SMILES string of the molecule is C=CCn1c(SC)nnc1-c1cccc([N+](=O)[O-])c1. The molecule has 1 aromatic carbocycles. The average molecular weight is 276 g/mol. The molecule has 19 heavy (non-hydrogen) atoms. The molecule has 0 unspecified atom stereocenters. The number of hydrogen-bond acceptors (Lipinski definition) is 5. The van der Waals surface area contributed by atoms with Crippen LogP contribution in [0.5, 0.6) is 0 Å². The standard InChI is InChI=1S/C12H12N4O2S/c1-3-7-15-11(13-14-12(15)19-2)9-5-4-6-10(8-9)16(17)18/h3-6,8H,1,7H2,2H3. The van der Waals surface area contributed by atoms with Crippen LogP contribution in [0.1, 0.15) is 0 Å². The summed E-state index contributed by atoms with van der Waals surface area (Å²) in [6.45, 7) is 4.25. The van der Waals surface area contributed by atoms with Gasteiger partial charge in [-0.3, -0.25) is 14.7 Å². The van der Waals surface area contributed by atoms with E-state index >= 15 is 0 Å². The van der Waals surface area contributed by atoms with Gasteiger partial charge < -0.3 is 0 Å². The molecular weight excluding hydrogens is 264 g/mol. The van der Waals surface area contributed by atoms with Crippen molar-refractivity contribution in [2.45, 2.75) is 11.7 Å². The fraction of sp³-hybridized carbons (Fsp3) is 0.167. The summed E-state index contributed by atoms with van der Waals surface area (Å²) in [6, 6.07) is 6.36. The van der Waals surface area contributed by atoms with E-state index in [1.807, 2.05) is 10.8 Å². The van der Waals surface area contributed by atoms with Gasteiger partial charge in [0.25, 0.3) is 5.69 Å². The van der Waals surface area contributed by atoms with Crippen molar-refractivity contribution in [3.05, 3.63) is 47.0 Å². The highest BCUT2D eigenvalue weighted by Gasteiger charge is 2.14. The van der Waals surface area contributed by atoms with Crippen molar-refractivity contribution in [2.75, 3.05) is 6.26 Å². The smallest absolute Gasteiger partial charge is 0.270 e. The van der Waals surface area contributed by atoms with Crippen LogP contribution >= 0.6 is 11.8 Å². The van der Waals surface area contributed by atoms with Gasteiger partial charge in [0.2, 0.25) is 0 Å². The van der Waals surface area contributed by atoms with Crippen molar-refractivity contribution in [3.63, 3.8) is 0 Å². The molecule has 0 amide bonds. The lowest BCUT2D eigenvalue weighted by Crippen LogP contribution is -2.00. The van der Waals surface area contributed by atoms with Gasteiger partial charge in [-0.15, -0.1) is 16.8 Å². The molecule has 2 aromatic rings. The molecule has 0 aliphatic heterocycles. The summed E-state index contributed by atoms with van der Waals surface area (Å²) in [5.41, 5.74) is 0.709. The second-order valence-corrected chi connectivity index (χ2v) is 4.49. The lowest BCUT2D eigenvalue weighted by atomic mass is 10.2. The Morgan fingerprint density at radius 2 is 2.32 bits per heavy atom. The Bertz CT molecular complexity index is 624. The number of allylic oxidation sites excluding steroid dienone is 1. The van der Waals surface area contributed by atoms with Gasteiger partial charge in [0.15, 0.2) is 11.0 Å².